The van der Waals surface area contributed by atoms with E-state index in [0.717, 1.165) is 26.0 Å². The highest BCUT2D eigenvalue weighted by atomic mass is 16.5. The van der Waals surface area contributed by atoms with Gasteiger partial charge in [-0.25, -0.2) is 4.79 Å². The number of likely N-dealkylation sites (N-methyl/N-ethyl adjacent to an activating group) is 1. The minimum atomic E-state index is -0.374. The number of rotatable bonds is 4. The first-order valence-corrected chi connectivity index (χ1v) is 6.43. The van der Waals surface area contributed by atoms with Crippen LogP contribution < -0.4 is 10.6 Å². The normalized spacial score (nSPS) is 18.3. The van der Waals surface area contributed by atoms with Crippen molar-refractivity contribution in [2.75, 3.05) is 37.9 Å². The molecular formula is C14H20N2O3. The van der Waals surface area contributed by atoms with Crippen molar-refractivity contribution in [1.29, 1.82) is 0 Å². The third kappa shape index (κ3) is 2.98. The molecule has 5 heteroatoms. The van der Waals surface area contributed by atoms with Gasteiger partial charge in [-0.05, 0) is 25.0 Å². The Morgan fingerprint density at radius 2 is 2.37 bits per heavy atom. The second-order valence-electron chi connectivity index (χ2n) is 4.75. The van der Waals surface area contributed by atoms with E-state index < -0.39 is 0 Å². The summed E-state index contributed by atoms with van der Waals surface area (Å²) < 4.78 is 10.4. The van der Waals surface area contributed by atoms with Crippen LogP contribution in [0.5, 0.6) is 0 Å². The smallest absolute Gasteiger partial charge is 0.340 e. The van der Waals surface area contributed by atoms with E-state index in [-0.39, 0.29) is 12.1 Å². The number of nitrogen functional groups attached to an aromatic ring is 1. The fourth-order valence-corrected chi connectivity index (χ4v) is 2.45. The van der Waals surface area contributed by atoms with Gasteiger partial charge in [-0.15, -0.1) is 0 Å². The van der Waals surface area contributed by atoms with Crippen molar-refractivity contribution in [3.63, 3.8) is 0 Å². The number of hydrogen-bond acceptors (Lipinski definition) is 5. The van der Waals surface area contributed by atoms with Gasteiger partial charge in [-0.3, -0.25) is 0 Å². The molecule has 0 aromatic heterocycles. The molecule has 0 spiro atoms. The van der Waals surface area contributed by atoms with Gasteiger partial charge in [0.2, 0.25) is 0 Å². The molecule has 19 heavy (non-hydrogen) atoms. The number of nitrogens with two attached hydrogens (primary N) is 1. The molecule has 1 aromatic carbocycles. The van der Waals surface area contributed by atoms with Gasteiger partial charge in [0.05, 0.1) is 30.2 Å². The Kier molecular flexibility index (Phi) is 4.27. The van der Waals surface area contributed by atoms with E-state index >= 15 is 0 Å². The molecule has 2 rings (SSSR count). The number of esters is 1. The van der Waals surface area contributed by atoms with Gasteiger partial charge in [-0.1, -0.05) is 6.07 Å². The number of hydrogen-bond donors (Lipinski definition) is 1. The average Bonchev–Trinajstić information content (AvgIpc) is 2.90. The number of carbonyl (C=O) groups excluding carboxylic acids is 1. The molecule has 0 radical (unpaired) electrons. The van der Waals surface area contributed by atoms with Gasteiger partial charge in [-0.2, -0.15) is 0 Å². The van der Waals surface area contributed by atoms with Gasteiger partial charge in [0, 0.05) is 20.2 Å². The number of methoxy groups -OCH3 is 1. The van der Waals surface area contributed by atoms with E-state index in [1.807, 2.05) is 11.9 Å². The van der Waals surface area contributed by atoms with Crippen LogP contribution in [0.15, 0.2) is 18.2 Å². The van der Waals surface area contributed by atoms with Crippen LogP contribution in [0.3, 0.4) is 0 Å². The third-order valence-electron chi connectivity index (χ3n) is 3.36. The second-order valence-corrected chi connectivity index (χ2v) is 4.75. The van der Waals surface area contributed by atoms with Crippen LogP contribution in [0.1, 0.15) is 23.2 Å². The molecule has 2 N–H and O–H groups in total. The summed E-state index contributed by atoms with van der Waals surface area (Å²) in [6.07, 6.45) is 2.34. The zero-order valence-corrected chi connectivity index (χ0v) is 11.4. The summed E-state index contributed by atoms with van der Waals surface area (Å²) >= 11 is 0. The fraction of sp³-hybridized carbons (Fsp3) is 0.500. The molecule has 1 atom stereocenters. The first-order chi connectivity index (χ1) is 9.13. The van der Waals surface area contributed by atoms with E-state index in [1.54, 1.807) is 18.2 Å². The van der Waals surface area contributed by atoms with Gasteiger partial charge in [0.1, 0.15) is 0 Å². The maximum Gasteiger partial charge on any atom is 0.340 e. The molecule has 1 fully saturated rings. The molecule has 0 bridgehead atoms. The Morgan fingerprint density at radius 1 is 1.58 bits per heavy atom. The number of anilines is 2. The molecule has 1 aromatic rings. The molecule has 0 amide bonds. The van der Waals surface area contributed by atoms with E-state index in [4.69, 9.17) is 15.2 Å². The highest BCUT2D eigenvalue weighted by Gasteiger charge is 2.22. The lowest BCUT2D eigenvalue weighted by atomic mass is 10.1. The molecule has 1 heterocycles. The van der Waals surface area contributed by atoms with E-state index in [2.05, 4.69) is 0 Å². The van der Waals surface area contributed by atoms with Crippen LogP contribution in [0.2, 0.25) is 0 Å². The van der Waals surface area contributed by atoms with Gasteiger partial charge < -0.3 is 20.1 Å². The van der Waals surface area contributed by atoms with Crippen molar-refractivity contribution in [2.24, 2.45) is 0 Å². The minimum Gasteiger partial charge on any atom is -0.465 e. The van der Waals surface area contributed by atoms with Crippen LogP contribution in [0.4, 0.5) is 11.4 Å². The summed E-state index contributed by atoms with van der Waals surface area (Å²) in [5.41, 5.74) is 7.77. The highest BCUT2D eigenvalue weighted by molar-refractivity contribution is 5.99. The summed E-state index contributed by atoms with van der Waals surface area (Å²) in [6, 6.07) is 5.27. The van der Waals surface area contributed by atoms with Crippen LogP contribution in [0.25, 0.3) is 0 Å². The standard InChI is InChI=1S/C14H20N2O3/c1-16(9-10-5-4-8-19-10)13-11(14(17)18-2)6-3-7-12(13)15/h3,6-7,10H,4-5,8-9,15H2,1-2H3. The maximum atomic E-state index is 11.8. The SMILES string of the molecule is COC(=O)c1cccc(N)c1N(C)CC1CCCO1. The summed E-state index contributed by atoms with van der Waals surface area (Å²) in [4.78, 5) is 13.8. The molecule has 1 aliphatic rings. The molecule has 5 nitrogen and oxygen atoms in total. The summed E-state index contributed by atoms with van der Waals surface area (Å²) in [5, 5.41) is 0. The molecule has 1 unspecified atom stereocenters. The van der Waals surface area contributed by atoms with Crippen molar-refractivity contribution >= 4 is 17.3 Å². The summed E-state index contributed by atoms with van der Waals surface area (Å²) in [5.74, 6) is -0.374. The molecule has 1 saturated heterocycles. The first-order valence-electron chi connectivity index (χ1n) is 6.43. The molecule has 0 aliphatic carbocycles. The van der Waals surface area contributed by atoms with Crippen LogP contribution in [0, 0.1) is 0 Å². The number of carbonyl (C=O) groups is 1. The molecular weight excluding hydrogens is 244 g/mol. The lowest BCUT2D eigenvalue weighted by Crippen LogP contribution is -2.30. The van der Waals surface area contributed by atoms with Crippen LogP contribution >= 0.6 is 0 Å². The molecule has 0 saturated carbocycles. The minimum absolute atomic E-state index is 0.204. The third-order valence-corrected chi connectivity index (χ3v) is 3.36. The number of benzene rings is 1. The number of para-hydroxylation sites is 1. The lowest BCUT2D eigenvalue weighted by molar-refractivity contribution is 0.0601. The zero-order chi connectivity index (χ0) is 13.8. The van der Waals surface area contributed by atoms with Crippen LogP contribution in [-0.4, -0.2) is 39.4 Å². The van der Waals surface area contributed by atoms with Crippen molar-refractivity contribution in [1.82, 2.24) is 0 Å². The largest absolute Gasteiger partial charge is 0.465 e. The Balaban J connectivity index is 2.23. The van der Waals surface area contributed by atoms with Gasteiger partial charge in [0.15, 0.2) is 0 Å². The Morgan fingerprint density at radius 3 is 3.00 bits per heavy atom. The molecule has 104 valence electrons. The van der Waals surface area contributed by atoms with Gasteiger partial charge in [0.25, 0.3) is 0 Å². The summed E-state index contributed by atoms with van der Waals surface area (Å²) in [7, 11) is 3.29. The Hall–Kier alpha value is -1.75. The average molecular weight is 264 g/mol. The first kappa shape index (κ1) is 13.7. The predicted octanol–water partition coefficient (Wildman–Crippen LogP) is 1.67. The van der Waals surface area contributed by atoms with Crippen molar-refractivity contribution in [2.45, 2.75) is 18.9 Å². The second kappa shape index (κ2) is 5.93. The lowest BCUT2D eigenvalue weighted by Gasteiger charge is -2.25. The Bertz CT molecular complexity index is 456. The topological polar surface area (TPSA) is 64.8 Å². The quantitative estimate of drug-likeness (QED) is 0.662. The van der Waals surface area contributed by atoms with Crippen molar-refractivity contribution < 1.29 is 14.3 Å². The Labute approximate surface area is 113 Å². The number of nitrogens with zero attached hydrogens (tertiary/aromatic N) is 1. The molecule has 1 aliphatic heterocycles. The van der Waals surface area contributed by atoms with Crippen LogP contribution in [-0.2, 0) is 9.47 Å². The predicted molar refractivity (Wildman–Crippen MR) is 74.4 cm³/mol. The van der Waals surface area contributed by atoms with Crippen molar-refractivity contribution in [3.05, 3.63) is 23.8 Å². The van der Waals surface area contributed by atoms with E-state index in [0.29, 0.717) is 16.9 Å². The maximum absolute atomic E-state index is 11.8. The van der Waals surface area contributed by atoms with Crippen molar-refractivity contribution in [3.8, 4) is 0 Å². The summed E-state index contributed by atoms with van der Waals surface area (Å²) in [6.45, 7) is 1.53. The van der Waals surface area contributed by atoms with E-state index in [9.17, 15) is 4.79 Å². The van der Waals surface area contributed by atoms with E-state index in [1.165, 1.54) is 7.11 Å². The zero-order valence-electron chi connectivity index (χ0n) is 11.4. The fourth-order valence-electron chi connectivity index (χ4n) is 2.45. The monoisotopic (exact) mass is 264 g/mol. The van der Waals surface area contributed by atoms with Gasteiger partial charge >= 0.3 is 5.97 Å². The highest BCUT2D eigenvalue weighted by Crippen LogP contribution is 2.28. The number of ether oxygens (including phenoxy) is 2.